The predicted octanol–water partition coefficient (Wildman–Crippen LogP) is 2.97. The second-order valence-corrected chi connectivity index (χ2v) is 7.26. The first kappa shape index (κ1) is 17.7. The Kier molecular flexibility index (Phi) is 5.21. The number of piperazine rings is 1. The highest BCUT2D eigenvalue weighted by Gasteiger charge is 2.19. The maximum Gasteiger partial charge on any atom is 0.224 e. The van der Waals surface area contributed by atoms with Gasteiger partial charge in [0, 0.05) is 62.5 Å². The van der Waals surface area contributed by atoms with Crippen molar-refractivity contribution in [2.75, 3.05) is 42.9 Å². The van der Waals surface area contributed by atoms with Crippen LogP contribution >= 0.6 is 0 Å². The molecule has 27 heavy (non-hydrogen) atoms. The van der Waals surface area contributed by atoms with Crippen LogP contribution in [0.15, 0.2) is 48.5 Å². The maximum absolute atomic E-state index is 12.6. The summed E-state index contributed by atoms with van der Waals surface area (Å²) in [6, 6.07) is 16.1. The second-order valence-electron chi connectivity index (χ2n) is 7.26. The van der Waals surface area contributed by atoms with Crippen LogP contribution in [0.4, 0.5) is 11.4 Å². The van der Waals surface area contributed by atoms with Gasteiger partial charge in [-0.2, -0.15) is 0 Å². The van der Waals surface area contributed by atoms with E-state index in [9.17, 15) is 9.59 Å². The summed E-state index contributed by atoms with van der Waals surface area (Å²) < 4.78 is 0. The number of hydrogen-bond acceptors (Lipinski definition) is 4. The van der Waals surface area contributed by atoms with E-state index in [1.165, 1.54) is 5.69 Å². The van der Waals surface area contributed by atoms with Gasteiger partial charge >= 0.3 is 0 Å². The summed E-state index contributed by atoms with van der Waals surface area (Å²) in [5.41, 5.74) is 3.94. The fourth-order valence-electron chi connectivity index (χ4n) is 3.83. The summed E-state index contributed by atoms with van der Waals surface area (Å²) in [6.45, 7) is 4.76. The average Bonchev–Trinajstić information content (AvgIpc) is 2.72. The largest absolute Gasteiger partial charge is 0.369 e. The van der Waals surface area contributed by atoms with E-state index in [1.807, 2.05) is 24.3 Å². The first-order valence-corrected chi connectivity index (χ1v) is 9.67. The number of aryl methyl sites for hydroxylation is 1. The summed E-state index contributed by atoms with van der Waals surface area (Å²) in [5.74, 6) is 0.233. The van der Waals surface area contributed by atoms with Gasteiger partial charge in [-0.25, -0.2) is 0 Å². The van der Waals surface area contributed by atoms with Crippen molar-refractivity contribution in [3.05, 3.63) is 59.7 Å². The molecule has 0 saturated carbocycles. The zero-order chi connectivity index (χ0) is 18.6. The summed E-state index contributed by atoms with van der Waals surface area (Å²) in [6.07, 6.45) is 1.75. The van der Waals surface area contributed by atoms with Crippen molar-refractivity contribution in [2.45, 2.75) is 19.3 Å². The Morgan fingerprint density at radius 3 is 2.52 bits per heavy atom. The molecule has 5 nitrogen and oxygen atoms in total. The van der Waals surface area contributed by atoms with E-state index in [4.69, 9.17) is 0 Å². The molecule has 140 valence electrons. The highest BCUT2D eigenvalue weighted by atomic mass is 16.1. The highest BCUT2D eigenvalue weighted by molar-refractivity contribution is 5.99. The molecule has 1 saturated heterocycles. The van der Waals surface area contributed by atoms with Gasteiger partial charge in [-0.3, -0.25) is 14.5 Å². The standard InChI is InChI=1S/C22H25N3O2/c26-21(18-6-8-20-17(16-18)7-9-22(27)23-20)10-11-24-12-14-25(15-13-24)19-4-2-1-3-5-19/h1-6,8,16H,7,9-15H2,(H,23,27). The van der Waals surface area contributed by atoms with Gasteiger partial charge in [-0.15, -0.1) is 0 Å². The predicted molar refractivity (Wildman–Crippen MR) is 107 cm³/mol. The normalized spacial score (nSPS) is 17.3. The number of fused-ring (bicyclic) bond motifs is 1. The Bertz CT molecular complexity index is 827. The molecule has 0 bridgehead atoms. The molecule has 1 N–H and O–H groups in total. The Hall–Kier alpha value is -2.66. The van der Waals surface area contributed by atoms with Crippen molar-refractivity contribution < 1.29 is 9.59 Å². The number of rotatable bonds is 5. The summed E-state index contributed by atoms with van der Waals surface area (Å²) >= 11 is 0. The van der Waals surface area contributed by atoms with Crippen molar-refractivity contribution in [3.8, 4) is 0 Å². The molecule has 2 aliphatic rings. The maximum atomic E-state index is 12.6. The molecule has 4 rings (SSSR count). The van der Waals surface area contributed by atoms with Gasteiger partial charge < -0.3 is 10.2 Å². The molecule has 0 aliphatic carbocycles. The van der Waals surface area contributed by atoms with Crippen LogP contribution in [0.1, 0.15) is 28.8 Å². The van der Waals surface area contributed by atoms with Crippen molar-refractivity contribution in [3.63, 3.8) is 0 Å². The van der Waals surface area contributed by atoms with Gasteiger partial charge in [0.1, 0.15) is 0 Å². The van der Waals surface area contributed by atoms with Gasteiger partial charge in [0.15, 0.2) is 5.78 Å². The summed E-state index contributed by atoms with van der Waals surface area (Å²) in [7, 11) is 0. The monoisotopic (exact) mass is 363 g/mol. The van der Waals surface area contributed by atoms with Gasteiger partial charge in [-0.05, 0) is 42.3 Å². The Morgan fingerprint density at radius 2 is 1.74 bits per heavy atom. The number of anilines is 2. The van der Waals surface area contributed by atoms with E-state index >= 15 is 0 Å². The number of ketones is 1. The first-order valence-electron chi connectivity index (χ1n) is 9.67. The quantitative estimate of drug-likeness (QED) is 0.830. The molecule has 2 aliphatic heterocycles. The lowest BCUT2D eigenvalue weighted by Crippen LogP contribution is -2.46. The van der Waals surface area contributed by atoms with Crippen molar-refractivity contribution >= 4 is 23.1 Å². The molecule has 0 radical (unpaired) electrons. The van der Waals surface area contributed by atoms with E-state index in [2.05, 4.69) is 39.4 Å². The van der Waals surface area contributed by atoms with E-state index in [1.54, 1.807) is 0 Å². The van der Waals surface area contributed by atoms with Crippen molar-refractivity contribution in [2.24, 2.45) is 0 Å². The lowest BCUT2D eigenvalue weighted by atomic mass is 9.98. The third kappa shape index (κ3) is 4.19. The van der Waals surface area contributed by atoms with E-state index in [0.29, 0.717) is 19.3 Å². The molecular formula is C22H25N3O2. The van der Waals surface area contributed by atoms with Crippen LogP contribution in [0.25, 0.3) is 0 Å². The number of para-hydroxylation sites is 1. The minimum absolute atomic E-state index is 0.0521. The van der Waals surface area contributed by atoms with Crippen LogP contribution in [0.5, 0.6) is 0 Å². The van der Waals surface area contributed by atoms with Gasteiger partial charge in [0.25, 0.3) is 0 Å². The van der Waals surface area contributed by atoms with Crippen molar-refractivity contribution in [1.29, 1.82) is 0 Å². The second kappa shape index (κ2) is 7.92. The number of amides is 1. The van der Waals surface area contributed by atoms with Gasteiger partial charge in [0.05, 0.1) is 0 Å². The number of nitrogens with one attached hydrogen (secondary N) is 1. The minimum Gasteiger partial charge on any atom is -0.369 e. The Balaban J connectivity index is 1.28. The first-order chi connectivity index (χ1) is 13.2. The molecule has 5 heteroatoms. The van der Waals surface area contributed by atoms with E-state index in [-0.39, 0.29) is 11.7 Å². The number of Topliss-reactive ketones (excluding diaryl/α,β-unsaturated/α-hetero) is 1. The average molecular weight is 363 g/mol. The van der Waals surface area contributed by atoms with Crippen LogP contribution in [-0.2, 0) is 11.2 Å². The fourth-order valence-corrected chi connectivity index (χ4v) is 3.83. The molecule has 0 atom stereocenters. The molecule has 0 spiro atoms. The molecule has 2 aromatic rings. The highest BCUT2D eigenvalue weighted by Crippen LogP contribution is 2.24. The van der Waals surface area contributed by atoms with E-state index in [0.717, 1.165) is 49.5 Å². The van der Waals surface area contributed by atoms with Crippen LogP contribution in [0.3, 0.4) is 0 Å². The van der Waals surface area contributed by atoms with Gasteiger partial charge in [0.2, 0.25) is 5.91 Å². The number of nitrogens with zero attached hydrogens (tertiary/aromatic N) is 2. The van der Waals surface area contributed by atoms with Crippen LogP contribution < -0.4 is 10.2 Å². The lowest BCUT2D eigenvalue weighted by Gasteiger charge is -2.36. The minimum atomic E-state index is 0.0521. The third-order valence-corrected chi connectivity index (χ3v) is 5.47. The molecular weight excluding hydrogens is 338 g/mol. The van der Waals surface area contributed by atoms with Gasteiger partial charge in [-0.1, -0.05) is 18.2 Å². The molecule has 2 aromatic carbocycles. The number of benzene rings is 2. The Labute approximate surface area is 160 Å². The van der Waals surface area contributed by atoms with Crippen LogP contribution in [-0.4, -0.2) is 49.3 Å². The van der Waals surface area contributed by atoms with Crippen LogP contribution in [0.2, 0.25) is 0 Å². The smallest absolute Gasteiger partial charge is 0.224 e. The lowest BCUT2D eigenvalue weighted by molar-refractivity contribution is -0.116. The summed E-state index contributed by atoms with van der Waals surface area (Å²) in [4.78, 5) is 28.8. The van der Waals surface area contributed by atoms with Crippen molar-refractivity contribution in [1.82, 2.24) is 4.90 Å². The number of carbonyl (C=O) groups is 2. The fraction of sp³-hybridized carbons (Fsp3) is 0.364. The van der Waals surface area contributed by atoms with E-state index < -0.39 is 0 Å². The zero-order valence-electron chi connectivity index (χ0n) is 15.5. The number of hydrogen-bond donors (Lipinski definition) is 1. The summed E-state index contributed by atoms with van der Waals surface area (Å²) in [5, 5.41) is 2.86. The molecule has 1 amide bonds. The molecule has 1 fully saturated rings. The molecule has 2 heterocycles. The number of carbonyl (C=O) groups excluding carboxylic acids is 2. The third-order valence-electron chi connectivity index (χ3n) is 5.47. The SMILES string of the molecule is O=C1CCc2cc(C(=O)CCN3CCN(c4ccccc4)CC3)ccc2N1. The molecule has 0 unspecified atom stereocenters. The Morgan fingerprint density at radius 1 is 0.963 bits per heavy atom. The van der Waals surface area contributed by atoms with Crippen LogP contribution in [0, 0.1) is 0 Å². The zero-order valence-corrected chi connectivity index (χ0v) is 15.5. The molecule has 0 aromatic heterocycles. The topological polar surface area (TPSA) is 52.7 Å².